The molecule has 3 aromatic rings. The Bertz CT molecular complexity index is 969. The molecule has 0 spiro atoms. The lowest BCUT2D eigenvalue weighted by Crippen LogP contribution is -1.97. The summed E-state index contributed by atoms with van der Waals surface area (Å²) in [7, 11) is 1.88. The number of aryl methyl sites for hydroxylation is 4. The first kappa shape index (κ1) is 18.8. The van der Waals surface area contributed by atoms with Crippen LogP contribution in [0.2, 0.25) is 0 Å². The number of carboxylic acids is 1. The molecule has 0 saturated heterocycles. The van der Waals surface area contributed by atoms with Crippen LogP contribution < -0.4 is 10.5 Å². The highest BCUT2D eigenvalue weighted by Gasteiger charge is 2.14. The minimum Gasteiger partial charge on any atom is -0.481 e. The zero-order chi connectivity index (χ0) is 19.6. The van der Waals surface area contributed by atoms with Gasteiger partial charge in [0.15, 0.2) is 5.75 Å². The van der Waals surface area contributed by atoms with Gasteiger partial charge in [-0.2, -0.15) is 0 Å². The lowest BCUT2D eigenvalue weighted by atomic mass is 10.0. The second-order valence-electron chi connectivity index (χ2n) is 6.91. The van der Waals surface area contributed by atoms with E-state index in [1.807, 2.05) is 43.7 Å². The van der Waals surface area contributed by atoms with Crippen LogP contribution >= 0.6 is 0 Å². The summed E-state index contributed by atoms with van der Waals surface area (Å²) >= 11 is 0. The molecule has 0 aliphatic heterocycles. The second kappa shape index (κ2) is 7.70. The van der Waals surface area contributed by atoms with E-state index in [0.29, 0.717) is 18.1 Å². The van der Waals surface area contributed by atoms with Crippen LogP contribution in [-0.2, 0) is 18.3 Å². The first-order valence-corrected chi connectivity index (χ1v) is 9.07. The lowest BCUT2D eigenvalue weighted by Gasteiger charge is -2.14. The molecule has 27 heavy (non-hydrogen) atoms. The van der Waals surface area contributed by atoms with Gasteiger partial charge in [0, 0.05) is 13.5 Å². The van der Waals surface area contributed by atoms with Crippen molar-refractivity contribution < 1.29 is 14.6 Å². The van der Waals surface area contributed by atoms with Crippen molar-refractivity contribution in [1.29, 1.82) is 0 Å². The van der Waals surface area contributed by atoms with Crippen LogP contribution in [0.25, 0.3) is 11.0 Å². The molecule has 3 rings (SSSR count). The molecule has 0 saturated carbocycles. The zero-order valence-electron chi connectivity index (χ0n) is 16.0. The number of aromatic nitrogens is 2. The molecule has 0 fully saturated rings. The van der Waals surface area contributed by atoms with E-state index in [1.165, 1.54) is 5.56 Å². The topological polar surface area (TPSA) is 90.4 Å². The first-order chi connectivity index (χ1) is 12.9. The highest BCUT2D eigenvalue weighted by atomic mass is 16.5. The molecular weight excluding hydrogens is 342 g/mol. The van der Waals surface area contributed by atoms with Crippen molar-refractivity contribution in [2.24, 2.45) is 7.05 Å². The molecule has 0 aliphatic rings. The number of carbonyl (C=O) groups is 1. The number of nitrogens with two attached hydrogens (primary N) is 1. The third kappa shape index (κ3) is 4.05. The van der Waals surface area contributed by atoms with Crippen molar-refractivity contribution >= 4 is 23.0 Å². The number of benzene rings is 2. The number of aliphatic carboxylic acids is 1. The lowest BCUT2D eigenvalue weighted by molar-refractivity contribution is -0.137. The molecule has 1 heterocycles. The number of hydrogen-bond acceptors (Lipinski definition) is 4. The molecule has 142 valence electrons. The van der Waals surface area contributed by atoms with Crippen LogP contribution in [0.4, 0.5) is 5.95 Å². The summed E-state index contributed by atoms with van der Waals surface area (Å²) in [5.74, 6) is 1.21. The standard InChI is InChI=1S/C21H25N3O3/c1-13-11-15(7-4-5-10-18(25)26)12-14(2)20(13)27-17-9-6-8-16-19(17)23-21(22)24(16)3/h6,8-9,11-12H,4-5,7,10H2,1-3H3,(H2,22,23)(H,25,26). The third-order valence-corrected chi connectivity index (χ3v) is 4.75. The minimum absolute atomic E-state index is 0.219. The van der Waals surface area contributed by atoms with Gasteiger partial charge in [-0.3, -0.25) is 4.79 Å². The molecule has 0 bridgehead atoms. The number of nitrogen functional groups attached to an aromatic ring is 1. The summed E-state index contributed by atoms with van der Waals surface area (Å²) < 4.78 is 8.06. The van der Waals surface area contributed by atoms with E-state index in [0.717, 1.165) is 40.8 Å². The maximum Gasteiger partial charge on any atom is 0.303 e. The van der Waals surface area contributed by atoms with Crippen LogP contribution in [0, 0.1) is 13.8 Å². The van der Waals surface area contributed by atoms with Gasteiger partial charge >= 0.3 is 5.97 Å². The van der Waals surface area contributed by atoms with Crippen LogP contribution in [0.1, 0.15) is 36.0 Å². The number of carboxylic acid groups (broad SMARTS) is 1. The van der Waals surface area contributed by atoms with Crippen LogP contribution in [0.3, 0.4) is 0 Å². The Kier molecular flexibility index (Phi) is 5.35. The van der Waals surface area contributed by atoms with Crippen molar-refractivity contribution in [2.75, 3.05) is 5.73 Å². The predicted octanol–water partition coefficient (Wildman–Crippen LogP) is 4.36. The largest absolute Gasteiger partial charge is 0.481 e. The number of fused-ring (bicyclic) bond motifs is 1. The van der Waals surface area contributed by atoms with Gasteiger partial charge in [0.25, 0.3) is 0 Å². The summed E-state index contributed by atoms with van der Waals surface area (Å²) in [5, 5.41) is 8.74. The van der Waals surface area contributed by atoms with Gasteiger partial charge in [-0.05, 0) is 61.9 Å². The maximum atomic E-state index is 10.6. The molecule has 2 aromatic carbocycles. The van der Waals surface area contributed by atoms with Crippen LogP contribution in [-0.4, -0.2) is 20.6 Å². The van der Waals surface area contributed by atoms with Crippen LogP contribution in [0.15, 0.2) is 30.3 Å². The van der Waals surface area contributed by atoms with Gasteiger partial charge in [-0.1, -0.05) is 18.2 Å². The van der Waals surface area contributed by atoms with E-state index in [-0.39, 0.29) is 6.42 Å². The second-order valence-corrected chi connectivity index (χ2v) is 6.91. The van der Waals surface area contributed by atoms with Gasteiger partial charge in [0.05, 0.1) is 5.52 Å². The number of ether oxygens (including phenoxy) is 1. The van der Waals surface area contributed by atoms with Gasteiger partial charge in [-0.15, -0.1) is 0 Å². The SMILES string of the molecule is Cc1cc(CCCCC(=O)O)cc(C)c1Oc1cccc2c1nc(N)n2C. The van der Waals surface area contributed by atoms with Gasteiger partial charge < -0.3 is 20.1 Å². The number of hydrogen-bond donors (Lipinski definition) is 2. The number of para-hydroxylation sites is 1. The average Bonchev–Trinajstić information content (AvgIpc) is 2.90. The highest BCUT2D eigenvalue weighted by molar-refractivity contribution is 5.84. The Balaban J connectivity index is 1.82. The molecule has 0 radical (unpaired) electrons. The van der Waals surface area contributed by atoms with E-state index >= 15 is 0 Å². The number of rotatable bonds is 7. The number of nitrogens with zero attached hydrogens (tertiary/aromatic N) is 2. The Labute approximate surface area is 158 Å². The fourth-order valence-corrected chi connectivity index (χ4v) is 3.35. The monoisotopic (exact) mass is 367 g/mol. The summed E-state index contributed by atoms with van der Waals surface area (Å²) in [6.45, 7) is 4.05. The van der Waals surface area contributed by atoms with Gasteiger partial charge in [-0.25, -0.2) is 4.98 Å². The summed E-state index contributed by atoms with van der Waals surface area (Å²) in [5.41, 5.74) is 10.9. The van der Waals surface area contributed by atoms with Crippen molar-refractivity contribution in [3.8, 4) is 11.5 Å². The van der Waals surface area contributed by atoms with E-state index in [2.05, 4.69) is 17.1 Å². The molecule has 0 atom stereocenters. The zero-order valence-corrected chi connectivity index (χ0v) is 16.0. The fraction of sp³-hybridized carbons (Fsp3) is 0.333. The van der Waals surface area contributed by atoms with Crippen LogP contribution in [0.5, 0.6) is 11.5 Å². The summed E-state index contributed by atoms with van der Waals surface area (Å²) in [4.78, 5) is 15.0. The summed E-state index contributed by atoms with van der Waals surface area (Å²) in [6.07, 6.45) is 2.63. The maximum absolute atomic E-state index is 10.6. The minimum atomic E-state index is -0.740. The van der Waals surface area contributed by atoms with E-state index < -0.39 is 5.97 Å². The molecular formula is C21H25N3O3. The predicted molar refractivity (Wildman–Crippen MR) is 106 cm³/mol. The van der Waals surface area contributed by atoms with Crippen molar-refractivity contribution in [2.45, 2.75) is 39.5 Å². The van der Waals surface area contributed by atoms with Crippen molar-refractivity contribution in [3.63, 3.8) is 0 Å². The normalized spacial score (nSPS) is 11.1. The molecule has 0 amide bonds. The van der Waals surface area contributed by atoms with E-state index in [1.54, 1.807) is 0 Å². The molecule has 3 N–H and O–H groups in total. The number of unbranched alkanes of at least 4 members (excludes halogenated alkanes) is 1. The fourth-order valence-electron chi connectivity index (χ4n) is 3.35. The van der Waals surface area contributed by atoms with Gasteiger partial charge in [0.1, 0.15) is 11.3 Å². The average molecular weight is 367 g/mol. The Hall–Kier alpha value is -3.02. The van der Waals surface area contributed by atoms with Crippen molar-refractivity contribution in [1.82, 2.24) is 9.55 Å². The smallest absolute Gasteiger partial charge is 0.303 e. The van der Waals surface area contributed by atoms with Gasteiger partial charge in [0.2, 0.25) is 5.95 Å². The molecule has 0 unspecified atom stereocenters. The molecule has 0 aliphatic carbocycles. The molecule has 1 aromatic heterocycles. The Morgan fingerprint density at radius 3 is 2.59 bits per heavy atom. The first-order valence-electron chi connectivity index (χ1n) is 9.07. The Morgan fingerprint density at radius 2 is 1.93 bits per heavy atom. The highest BCUT2D eigenvalue weighted by Crippen LogP contribution is 2.34. The molecule has 6 heteroatoms. The summed E-state index contributed by atoms with van der Waals surface area (Å²) in [6, 6.07) is 10.0. The number of imidazole rings is 1. The number of anilines is 1. The Morgan fingerprint density at radius 1 is 1.22 bits per heavy atom. The van der Waals surface area contributed by atoms with E-state index in [9.17, 15) is 4.79 Å². The quantitative estimate of drug-likeness (QED) is 0.606. The third-order valence-electron chi connectivity index (χ3n) is 4.75. The molecule has 6 nitrogen and oxygen atoms in total. The van der Waals surface area contributed by atoms with Crippen molar-refractivity contribution in [3.05, 3.63) is 47.0 Å². The van der Waals surface area contributed by atoms with E-state index in [4.69, 9.17) is 15.6 Å².